The highest BCUT2D eigenvalue weighted by Gasteiger charge is 2.13. The van der Waals surface area contributed by atoms with Crippen molar-refractivity contribution in [2.45, 2.75) is 0 Å². The fourth-order valence-corrected chi connectivity index (χ4v) is 1.81. The number of hydrogen-bond acceptors (Lipinski definition) is 5. The molecule has 1 aromatic carbocycles. The fourth-order valence-electron chi connectivity index (χ4n) is 1.60. The second-order valence-corrected chi connectivity index (χ2v) is 4.34. The summed E-state index contributed by atoms with van der Waals surface area (Å²) in [6, 6.07) is 7.13. The second kappa shape index (κ2) is 6.21. The zero-order valence-corrected chi connectivity index (χ0v) is 11.2. The van der Waals surface area contributed by atoms with Gasteiger partial charge in [-0.15, -0.1) is 0 Å². The molecule has 2 N–H and O–H groups in total. The molecule has 8 heteroatoms. The highest BCUT2D eigenvalue weighted by atomic mass is 35.5. The van der Waals surface area contributed by atoms with E-state index in [1.165, 1.54) is 29.8 Å². The summed E-state index contributed by atoms with van der Waals surface area (Å²) in [4.78, 5) is 21.1. The molecule has 0 saturated carbocycles. The van der Waals surface area contributed by atoms with Gasteiger partial charge in [0.15, 0.2) is 0 Å². The number of nitro benzene ring substituents is 1. The van der Waals surface area contributed by atoms with Crippen molar-refractivity contribution >= 4 is 29.3 Å². The van der Waals surface area contributed by atoms with Gasteiger partial charge in [-0.25, -0.2) is 5.48 Å². The van der Waals surface area contributed by atoms with E-state index in [0.717, 1.165) is 6.08 Å². The minimum Gasteiger partial charge on any atom is -0.457 e. The highest BCUT2D eigenvalue weighted by Crippen LogP contribution is 2.32. The molecule has 0 aliphatic rings. The molecule has 2 aromatic rings. The minimum absolute atomic E-state index is 0.109. The topological polar surface area (TPSA) is 106 Å². The number of amides is 1. The number of halogens is 1. The van der Waals surface area contributed by atoms with E-state index < -0.39 is 10.8 Å². The molecule has 1 aromatic heterocycles. The largest absolute Gasteiger partial charge is 0.457 e. The van der Waals surface area contributed by atoms with Gasteiger partial charge in [-0.05, 0) is 24.3 Å². The number of nitrogens with zero attached hydrogens (tertiary/aromatic N) is 1. The Morgan fingerprint density at radius 3 is 2.81 bits per heavy atom. The van der Waals surface area contributed by atoms with Crippen LogP contribution in [0, 0.1) is 10.1 Å². The van der Waals surface area contributed by atoms with E-state index in [-0.39, 0.29) is 5.69 Å². The van der Waals surface area contributed by atoms with Crippen molar-refractivity contribution in [3.05, 3.63) is 57.3 Å². The SMILES string of the molecule is O=C(/C=C/c1ccc(-c2cc([N+](=O)[O-])ccc2Cl)o1)NO. The lowest BCUT2D eigenvalue weighted by Gasteiger charge is -2.00. The molecule has 1 amide bonds. The molecule has 0 bridgehead atoms. The number of benzene rings is 1. The maximum absolute atomic E-state index is 10.8. The van der Waals surface area contributed by atoms with Crippen LogP contribution in [0.25, 0.3) is 17.4 Å². The zero-order chi connectivity index (χ0) is 15.4. The molecular formula is C13H9ClN2O5. The van der Waals surface area contributed by atoms with E-state index in [1.807, 2.05) is 0 Å². The van der Waals surface area contributed by atoms with Crippen LogP contribution in [-0.2, 0) is 4.79 Å². The van der Waals surface area contributed by atoms with Crippen molar-refractivity contribution in [3.8, 4) is 11.3 Å². The quantitative estimate of drug-likeness (QED) is 0.391. The lowest BCUT2D eigenvalue weighted by atomic mass is 10.1. The summed E-state index contributed by atoms with van der Waals surface area (Å²) < 4.78 is 5.42. The Morgan fingerprint density at radius 2 is 2.14 bits per heavy atom. The summed E-state index contributed by atoms with van der Waals surface area (Å²) in [5, 5.41) is 19.4. The van der Waals surface area contributed by atoms with Gasteiger partial charge in [0.1, 0.15) is 11.5 Å². The molecule has 0 atom stereocenters. The molecule has 7 nitrogen and oxygen atoms in total. The Hall–Kier alpha value is -2.64. The summed E-state index contributed by atoms with van der Waals surface area (Å²) in [6.07, 6.45) is 2.40. The van der Waals surface area contributed by atoms with Gasteiger partial charge in [-0.2, -0.15) is 0 Å². The van der Waals surface area contributed by atoms with Crippen molar-refractivity contribution < 1.29 is 19.3 Å². The molecule has 0 unspecified atom stereocenters. The Labute approximate surface area is 123 Å². The molecule has 0 saturated heterocycles. The molecule has 2 rings (SSSR count). The number of nitro groups is 1. The zero-order valence-electron chi connectivity index (χ0n) is 10.4. The number of carbonyl (C=O) groups excluding carboxylic acids is 1. The van der Waals surface area contributed by atoms with E-state index in [4.69, 9.17) is 21.2 Å². The van der Waals surface area contributed by atoms with Gasteiger partial charge >= 0.3 is 0 Å². The first-order valence-electron chi connectivity index (χ1n) is 5.67. The first-order chi connectivity index (χ1) is 10.0. The van der Waals surface area contributed by atoms with Crippen molar-refractivity contribution in [1.82, 2.24) is 5.48 Å². The number of hydroxylamine groups is 1. The third kappa shape index (κ3) is 3.47. The van der Waals surface area contributed by atoms with Crippen LogP contribution >= 0.6 is 11.6 Å². The summed E-state index contributed by atoms with van der Waals surface area (Å²) in [5.41, 5.74) is 1.70. The smallest absolute Gasteiger partial charge is 0.270 e. The van der Waals surface area contributed by atoms with Gasteiger partial charge in [0.2, 0.25) is 0 Å². The van der Waals surface area contributed by atoms with Crippen LogP contribution in [0.2, 0.25) is 5.02 Å². The summed E-state index contributed by atoms with van der Waals surface area (Å²) in [5.74, 6) is -0.0507. The Morgan fingerprint density at radius 1 is 1.38 bits per heavy atom. The number of furan rings is 1. The number of hydrogen-bond donors (Lipinski definition) is 2. The van der Waals surface area contributed by atoms with Crippen LogP contribution in [0.5, 0.6) is 0 Å². The molecule has 1 heterocycles. The summed E-state index contributed by atoms with van der Waals surface area (Å²) in [6.45, 7) is 0. The van der Waals surface area contributed by atoms with Crippen LogP contribution in [0.15, 0.2) is 40.8 Å². The monoisotopic (exact) mass is 308 g/mol. The van der Waals surface area contributed by atoms with E-state index in [0.29, 0.717) is 22.1 Å². The van der Waals surface area contributed by atoms with E-state index in [9.17, 15) is 14.9 Å². The van der Waals surface area contributed by atoms with Crippen LogP contribution in [0.4, 0.5) is 5.69 Å². The minimum atomic E-state index is -0.707. The van der Waals surface area contributed by atoms with Gasteiger partial charge < -0.3 is 4.42 Å². The molecule has 21 heavy (non-hydrogen) atoms. The van der Waals surface area contributed by atoms with Gasteiger partial charge in [-0.3, -0.25) is 20.1 Å². The standard InChI is InChI=1S/C13H9ClN2O5/c14-11-4-1-8(16(19)20)7-10(11)12-5-2-9(21-12)3-6-13(17)15-18/h1-7,18H,(H,15,17)/b6-3+. The lowest BCUT2D eigenvalue weighted by Crippen LogP contribution is -2.14. The van der Waals surface area contributed by atoms with Gasteiger partial charge in [0.05, 0.1) is 9.95 Å². The summed E-state index contributed by atoms with van der Waals surface area (Å²) in [7, 11) is 0. The summed E-state index contributed by atoms with van der Waals surface area (Å²) >= 11 is 6.00. The first-order valence-corrected chi connectivity index (χ1v) is 6.05. The average molecular weight is 309 g/mol. The fraction of sp³-hybridized carbons (Fsp3) is 0. The highest BCUT2D eigenvalue weighted by molar-refractivity contribution is 6.33. The predicted molar refractivity (Wildman–Crippen MR) is 74.8 cm³/mol. The van der Waals surface area contributed by atoms with Crippen LogP contribution in [-0.4, -0.2) is 16.0 Å². The Kier molecular flexibility index (Phi) is 4.36. The Bertz CT molecular complexity index is 723. The van der Waals surface area contributed by atoms with Crippen LogP contribution in [0.3, 0.4) is 0 Å². The van der Waals surface area contributed by atoms with Crippen LogP contribution in [0.1, 0.15) is 5.76 Å². The normalized spacial score (nSPS) is 10.8. The molecule has 0 aliphatic carbocycles. The van der Waals surface area contributed by atoms with Gasteiger partial charge in [-0.1, -0.05) is 11.6 Å². The first kappa shape index (κ1) is 14.8. The number of rotatable bonds is 4. The van der Waals surface area contributed by atoms with Gasteiger partial charge in [0, 0.05) is 23.8 Å². The third-order valence-electron chi connectivity index (χ3n) is 2.56. The lowest BCUT2D eigenvalue weighted by molar-refractivity contribution is -0.384. The predicted octanol–water partition coefficient (Wildman–Crippen LogP) is 3.03. The molecule has 108 valence electrons. The van der Waals surface area contributed by atoms with Crippen molar-refractivity contribution in [1.29, 1.82) is 0 Å². The molecule has 0 fully saturated rings. The maximum Gasteiger partial charge on any atom is 0.270 e. The number of nitrogens with one attached hydrogen (secondary N) is 1. The van der Waals surface area contributed by atoms with E-state index in [2.05, 4.69) is 0 Å². The maximum atomic E-state index is 10.8. The third-order valence-corrected chi connectivity index (χ3v) is 2.89. The number of non-ortho nitro benzene ring substituents is 1. The van der Waals surface area contributed by atoms with E-state index in [1.54, 1.807) is 12.1 Å². The van der Waals surface area contributed by atoms with Crippen LogP contribution < -0.4 is 5.48 Å². The number of carbonyl (C=O) groups is 1. The van der Waals surface area contributed by atoms with Crippen molar-refractivity contribution in [2.24, 2.45) is 0 Å². The molecule has 0 spiro atoms. The van der Waals surface area contributed by atoms with Crippen molar-refractivity contribution in [2.75, 3.05) is 0 Å². The average Bonchev–Trinajstić information content (AvgIpc) is 2.93. The second-order valence-electron chi connectivity index (χ2n) is 3.93. The molecule has 0 aliphatic heterocycles. The Balaban J connectivity index is 2.33. The molecule has 0 radical (unpaired) electrons. The van der Waals surface area contributed by atoms with E-state index >= 15 is 0 Å². The van der Waals surface area contributed by atoms with Crippen molar-refractivity contribution in [3.63, 3.8) is 0 Å². The molecular weight excluding hydrogens is 300 g/mol. The van der Waals surface area contributed by atoms with Gasteiger partial charge in [0.25, 0.3) is 11.6 Å².